The number of methoxy groups -OCH3 is 1. The zero-order valence-corrected chi connectivity index (χ0v) is 18.2. The van der Waals surface area contributed by atoms with Crippen molar-refractivity contribution in [1.82, 2.24) is 10.2 Å². The van der Waals surface area contributed by atoms with Crippen molar-refractivity contribution in [2.45, 2.75) is 50.7 Å². The maximum Gasteiger partial charge on any atom is 0.239 e. The molecule has 1 aliphatic heterocycles. The van der Waals surface area contributed by atoms with Crippen LogP contribution in [0.1, 0.15) is 37.7 Å². The number of hydrogen-bond donors (Lipinski definition) is 2. The molecule has 7 heteroatoms. The molecule has 168 valence electrons. The molecule has 0 spiro atoms. The number of amides is 2. The fourth-order valence-corrected chi connectivity index (χ4v) is 6.90. The highest BCUT2D eigenvalue weighted by Crippen LogP contribution is 2.59. The molecule has 0 aromatic heterocycles. The summed E-state index contributed by atoms with van der Waals surface area (Å²) in [5.41, 5.74) is 6.60. The quantitative estimate of drug-likeness (QED) is 0.721. The Labute approximate surface area is 183 Å². The van der Waals surface area contributed by atoms with E-state index in [9.17, 15) is 9.59 Å². The van der Waals surface area contributed by atoms with Crippen molar-refractivity contribution in [3.63, 3.8) is 0 Å². The van der Waals surface area contributed by atoms with E-state index in [1.165, 1.54) is 0 Å². The molecule has 5 fully saturated rings. The van der Waals surface area contributed by atoms with Gasteiger partial charge < -0.3 is 20.5 Å². The second-order valence-electron chi connectivity index (χ2n) is 10.1. The molecule has 1 aromatic rings. The van der Waals surface area contributed by atoms with Crippen LogP contribution in [0.5, 0.6) is 5.75 Å². The SMILES string of the molecule is COc1cccc(CN2CCOCC2C(=O)NC2C3CC4CC2CC(C(N)=O)(C4)C3)c1. The standard InChI is InChI=1S/C24H33N3O4/c1-30-19-4-2-3-15(9-19)13-27-5-6-31-14-20(27)22(28)26-21-17-7-16-8-18(21)12-24(10-16,11-17)23(25)29/h2-4,9,16-18,20-21H,5-8,10-14H2,1H3,(H2,25,29)(H,26,28). The second-order valence-corrected chi connectivity index (χ2v) is 10.1. The van der Waals surface area contributed by atoms with Crippen molar-refractivity contribution in [3.8, 4) is 5.75 Å². The Hall–Kier alpha value is -2.12. The minimum Gasteiger partial charge on any atom is -0.497 e. The van der Waals surface area contributed by atoms with Gasteiger partial charge in [-0.2, -0.15) is 0 Å². The first kappa shape index (κ1) is 20.8. The first-order valence-electron chi connectivity index (χ1n) is 11.5. The van der Waals surface area contributed by atoms with Gasteiger partial charge in [-0.25, -0.2) is 0 Å². The maximum absolute atomic E-state index is 13.4. The average Bonchev–Trinajstić information content (AvgIpc) is 2.76. The normalized spacial score (nSPS) is 36.9. The number of carbonyl (C=O) groups is 2. The van der Waals surface area contributed by atoms with Gasteiger partial charge in [-0.1, -0.05) is 12.1 Å². The van der Waals surface area contributed by atoms with Crippen LogP contribution in [0.2, 0.25) is 0 Å². The van der Waals surface area contributed by atoms with Gasteiger partial charge in [0.25, 0.3) is 0 Å². The number of rotatable bonds is 6. The lowest BCUT2D eigenvalue weighted by Crippen LogP contribution is -2.64. The maximum atomic E-state index is 13.4. The molecule has 5 aliphatic rings. The van der Waals surface area contributed by atoms with E-state index in [1.54, 1.807) is 7.11 Å². The second kappa shape index (κ2) is 8.10. The number of nitrogens with zero attached hydrogens (tertiary/aromatic N) is 1. The third kappa shape index (κ3) is 3.82. The number of ether oxygens (including phenoxy) is 2. The molecule has 1 aromatic carbocycles. The zero-order chi connectivity index (χ0) is 21.6. The van der Waals surface area contributed by atoms with Gasteiger partial charge in [-0.15, -0.1) is 0 Å². The number of hydrogen-bond acceptors (Lipinski definition) is 5. The molecular weight excluding hydrogens is 394 g/mol. The molecule has 0 radical (unpaired) electrons. The van der Waals surface area contributed by atoms with Crippen LogP contribution in [0.3, 0.4) is 0 Å². The van der Waals surface area contributed by atoms with E-state index >= 15 is 0 Å². The lowest BCUT2D eigenvalue weighted by atomic mass is 9.47. The molecule has 1 saturated heterocycles. The Balaban J connectivity index is 1.27. The lowest BCUT2D eigenvalue weighted by molar-refractivity contribution is -0.149. The summed E-state index contributed by atoms with van der Waals surface area (Å²) in [5.74, 6) is 2.04. The third-order valence-electron chi connectivity index (χ3n) is 8.17. The Morgan fingerprint density at radius 2 is 2.03 bits per heavy atom. The molecule has 4 saturated carbocycles. The summed E-state index contributed by atoms with van der Waals surface area (Å²) < 4.78 is 11.0. The van der Waals surface area contributed by atoms with Crippen LogP contribution < -0.4 is 15.8 Å². The van der Waals surface area contributed by atoms with Crippen molar-refractivity contribution in [2.24, 2.45) is 28.9 Å². The van der Waals surface area contributed by atoms with Crippen LogP contribution in [0.25, 0.3) is 0 Å². The van der Waals surface area contributed by atoms with Gasteiger partial charge in [0.15, 0.2) is 0 Å². The molecule has 3 atom stereocenters. The van der Waals surface area contributed by atoms with Crippen molar-refractivity contribution in [3.05, 3.63) is 29.8 Å². The number of nitrogens with two attached hydrogens (primary N) is 1. The van der Waals surface area contributed by atoms with Gasteiger partial charge in [-0.05, 0) is 67.6 Å². The van der Waals surface area contributed by atoms with E-state index in [-0.39, 0.29) is 29.3 Å². The molecule has 4 bridgehead atoms. The summed E-state index contributed by atoms with van der Waals surface area (Å²) in [4.78, 5) is 27.8. The van der Waals surface area contributed by atoms with Crippen molar-refractivity contribution < 1.29 is 19.1 Å². The molecule has 1 heterocycles. The van der Waals surface area contributed by atoms with Gasteiger partial charge in [0.2, 0.25) is 11.8 Å². The van der Waals surface area contributed by atoms with Crippen LogP contribution in [-0.2, 0) is 20.9 Å². The van der Waals surface area contributed by atoms with Crippen molar-refractivity contribution in [1.29, 1.82) is 0 Å². The summed E-state index contributed by atoms with van der Waals surface area (Å²) in [6, 6.07) is 7.84. The van der Waals surface area contributed by atoms with E-state index in [4.69, 9.17) is 15.2 Å². The number of benzene rings is 1. The molecular formula is C24H33N3O4. The van der Waals surface area contributed by atoms with Gasteiger partial charge in [0, 0.05) is 24.5 Å². The number of primary amides is 1. The monoisotopic (exact) mass is 427 g/mol. The molecule has 7 nitrogen and oxygen atoms in total. The number of morpholine rings is 1. The molecule has 4 aliphatic carbocycles. The highest BCUT2D eigenvalue weighted by Gasteiger charge is 2.58. The van der Waals surface area contributed by atoms with Gasteiger partial charge in [0.1, 0.15) is 11.8 Å². The van der Waals surface area contributed by atoms with Crippen LogP contribution in [0, 0.1) is 23.2 Å². The van der Waals surface area contributed by atoms with E-state index < -0.39 is 0 Å². The Morgan fingerprint density at radius 3 is 2.74 bits per heavy atom. The van der Waals surface area contributed by atoms with Gasteiger partial charge in [0.05, 0.1) is 20.3 Å². The first-order valence-corrected chi connectivity index (χ1v) is 11.5. The summed E-state index contributed by atoms with van der Waals surface area (Å²) >= 11 is 0. The minimum absolute atomic E-state index is 0.0493. The van der Waals surface area contributed by atoms with Gasteiger partial charge in [-0.3, -0.25) is 14.5 Å². The largest absolute Gasteiger partial charge is 0.497 e. The highest BCUT2D eigenvalue weighted by molar-refractivity contribution is 5.83. The average molecular weight is 428 g/mol. The highest BCUT2D eigenvalue weighted by atomic mass is 16.5. The van der Waals surface area contributed by atoms with Crippen LogP contribution in [-0.4, -0.2) is 55.7 Å². The topological polar surface area (TPSA) is 93.9 Å². The lowest BCUT2D eigenvalue weighted by Gasteiger charge is -2.59. The first-order chi connectivity index (χ1) is 15.0. The Bertz CT molecular complexity index is 843. The van der Waals surface area contributed by atoms with Crippen LogP contribution in [0.4, 0.5) is 0 Å². The van der Waals surface area contributed by atoms with Crippen LogP contribution in [0.15, 0.2) is 24.3 Å². The van der Waals surface area contributed by atoms with E-state index in [0.29, 0.717) is 37.5 Å². The molecule has 6 rings (SSSR count). The predicted molar refractivity (Wildman–Crippen MR) is 115 cm³/mol. The molecule has 3 N–H and O–H groups in total. The summed E-state index contributed by atoms with van der Waals surface area (Å²) in [6.07, 6.45) is 4.81. The molecule has 2 amide bonds. The fraction of sp³-hybridized carbons (Fsp3) is 0.667. The molecule has 31 heavy (non-hydrogen) atoms. The van der Waals surface area contributed by atoms with E-state index in [0.717, 1.165) is 50.0 Å². The minimum atomic E-state index is -0.329. The zero-order valence-electron chi connectivity index (χ0n) is 18.2. The van der Waals surface area contributed by atoms with Gasteiger partial charge >= 0.3 is 0 Å². The third-order valence-corrected chi connectivity index (χ3v) is 8.17. The van der Waals surface area contributed by atoms with E-state index in [2.05, 4.69) is 16.3 Å². The summed E-state index contributed by atoms with van der Waals surface area (Å²) in [7, 11) is 1.66. The summed E-state index contributed by atoms with van der Waals surface area (Å²) in [5, 5.41) is 3.39. The Kier molecular flexibility index (Phi) is 5.42. The fourth-order valence-electron chi connectivity index (χ4n) is 6.90. The number of carbonyl (C=O) groups excluding carboxylic acids is 2. The van der Waals surface area contributed by atoms with Crippen molar-refractivity contribution in [2.75, 3.05) is 26.9 Å². The molecule has 3 unspecified atom stereocenters. The summed E-state index contributed by atoms with van der Waals surface area (Å²) in [6.45, 7) is 2.44. The Morgan fingerprint density at radius 1 is 1.26 bits per heavy atom. The predicted octanol–water partition coefficient (Wildman–Crippen LogP) is 1.69. The van der Waals surface area contributed by atoms with E-state index in [1.807, 2.05) is 18.2 Å². The number of nitrogens with one attached hydrogen (secondary N) is 1. The van der Waals surface area contributed by atoms with Crippen LogP contribution >= 0.6 is 0 Å². The smallest absolute Gasteiger partial charge is 0.239 e. The van der Waals surface area contributed by atoms with Crippen molar-refractivity contribution >= 4 is 11.8 Å².